The van der Waals surface area contributed by atoms with Gasteiger partial charge in [-0.3, -0.25) is 4.79 Å². The van der Waals surface area contributed by atoms with E-state index >= 15 is 0 Å². The summed E-state index contributed by atoms with van der Waals surface area (Å²) in [6, 6.07) is 5.58. The maximum atomic E-state index is 10.6. The zero-order valence-corrected chi connectivity index (χ0v) is 11.0. The van der Waals surface area contributed by atoms with Crippen LogP contribution in [0.5, 0.6) is 5.75 Å². The van der Waals surface area contributed by atoms with Gasteiger partial charge in [-0.15, -0.1) is 0 Å². The molecule has 0 bridgehead atoms. The highest BCUT2D eigenvalue weighted by molar-refractivity contribution is 9.10. The molecule has 6 heteroatoms. The summed E-state index contributed by atoms with van der Waals surface area (Å²) in [5, 5.41) is 12.1. The van der Waals surface area contributed by atoms with Gasteiger partial charge in [0.15, 0.2) is 0 Å². The molecule has 1 atom stereocenters. The van der Waals surface area contributed by atoms with Gasteiger partial charge in [0.05, 0.1) is 7.11 Å². The third kappa shape index (κ3) is 4.33. The number of methoxy groups -OCH3 is 1. The van der Waals surface area contributed by atoms with Crippen LogP contribution in [-0.4, -0.2) is 30.8 Å². The molecular weight excluding hydrogens is 288 g/mol. The van der Waals surface area contributed by atoms with E-state index in [1.807, 2.05) is 18.2 Å². The third-order valence-electron chi connectivity index (χ3n) is 2.23. The predicted molar refractivity (Wildman–Crippen MR) is 67.6 cm³/mol. The van der Waals surface area contributed by atoms with Crippen molar-refractivity contribution in [2.45, 2.75) is 12.6 Å². The first kappa shape index (κ1) is 14.0. The van der Waals surface area contributed by atoms with Crippen molar-refractivity contribution in [2.24, 2.45) is 5.73 Å². The average Bonchev–Trinajstić information content (AvgIpc) is 2.31. The first-order valence-electron chi connectivity index (χ1n) is 5.05. The molecule has 0 fully saturated rings. The molecule has 1 unspecified atom stereocenters. The van der Waals surface area contributed by atoms with Gasteiger partial charge in [0.25, 0.3) is 0 Å². The number of rotatable bonds is 6. The highest BCUT2D eigenvalue weighted by Crippen LogP contribution is 2.22. The van der Waals surface area contributed by atoms with Crippen LogP contribution >= 0.6 is 15.9 Å². The number of aliphatic hydroxyl groups excluding tert-OH is 1. The molecule has 1 rings (SSSR count). The number of carbonyl (C=O) groups excluding carboxylic acids is 1. The molecule has 17 heavy (non-hydrogen) atoms. The summed E-state index contributed by atoms with van der Waals surface area (Å²) in [7, 11) is 1.59. The maximum absolute atomic E-state index is 10.6. The molecule has 4 N–H and O–H groups in total. The lowest BCUT2D eigenvalue weighted by atomic mass is 10.2. The smallest absolute Gasteiger partial charge is 0.247 e. The van der Waals surface area contributed by atoms with E-state index in [4.69, 9.17) is 10.5 Å². The summed E-state index contributed by atoms with van der Waals surface area (Å²) in [5.74, 6) is 0.0163. The molecule has 1 aromatic carbocycles. The van der Waals surface area contributed by atoms with E-state index < -0.39 is 12.0 Å². The van der Waals surface area contributed by atoms with E-state index in [1.165, 1.54) is 0 Å². The van der Waals surface area contributed by atoms with Crippen LogP contribution in [0.3, 0.4) is 0 Å². The Hall–Kier alpha value is -1.11. The number of amides is 1. The second kappa shape index (κ2) is 6.58. The van der Waals surface area contributed by atoms with E-state index in [0.29, 0.717) is 6.54 Å². The molecule has 0 aliphatic carbocycles. The van der Waals surface area contributed by atoms with E-state index in [9.17, 15) is 9.90 Å². The molecule has 1 aromatic rings. The number of hydrogen-bond donors (Lipinski definition) is 3. The molecule has 0 aromatic heterocycles. The van der Waals surface area contributed by atoms with E-state index in [-0.39, 0.29) is 6.54 Å². The minimum absolute atomic E-state index is 0.124. The highest BCUT2D eigenvalue weighted by atomic mass is 79.9. The van der Waals surface area contributed by atoms with Crippen LogP contribution in [0.2, 0.25) is 0 Å². The lowest BCUT2D eigenvalue weighted by Gasteiger charge is -2.10. The number of ether oxygens (including phenoxy) is 1. The summed E-state index contributed by atoms with van der Waals surface area (Å²) in [5.41, 5.74) is 5.91. The molecule has 0 heterocycles. The topological polar surface area (TPSA) is 84.6 Å². The summed E-state index contributed by atoms with van der Waals surface area (Å²) in [6.45, 7) is 0.626. The Kier molecular flexibility index (Phi) is 5.40. The van der Waals surface area contributed by atoms with Crippen LogP contribution in [0.25, 0.3) is 0 Å². The molecule has 0 saturated carbocycles. The van der Waals surface area contributed by atoms with Gasteiger partial charge < -0.3 is 20.9 Å². The molecule has 0 aliphatic rings. The lowest BCUT2D eigenvalue weighted by molar-refractivity contribution is -0.125. The fraction of sp³-hybridized carbons (Fsp3) is 0.364. The quantitative estimate of drug-likeness (QED) is 0.710. The maximum Gasteiger partial charge on any atom is 0.247 e. The van der Waals surface area contributed by atoms with Crippen molar-refractivity contribution in [1.29, 1.82) is 0 Å². The molecule has 0 spiro atoms. The monoisotopic (exact) mass is 302 g/mol. The Morgan fingerprint density at radius 2 is 2.35 bits per heavy atom. The van der Waals surface area contributed by atoms with Crippen molar-refractivity contribution >= 4 is 21.8 Å². The summed E-state index contributed by atoms with van der Waals surface area (Å²) in [4.78, 5) is 10.6. The molecule has 5 nitrogen and oxygen atoms in total. The minimum Gasteiger partial charge on any atom is -0.497 e. The Labute approximate surface area is 108 Å². The molecule has 0 radical (unpaired) electrons. The summed E-state index contributed by atoms with van der Waals surface area (Å²) >= 11 is 3.41. The van der Waals surface area contributed by atoms with Gasteiger partial charge in [-0.25, -0.2) is 0 Å². The summed E-state index contributed by atoms with van der Waals surface area (Å²) < 4.78 is 6.03. The van der Waals surface area contributed by atoms with Crippen molar-refractivity contribution in [3.8, 4) is 5.75 Å². The second-order valence-corrected chi connectivity index (χ2v) is 4.36. The van der Waals surface area contributed by atoms with Gasteiger partial charge in [-0.1, -0.05) is 15.9 Å². The number of halogens is 1. The number of hydrogen-bond acceptors (Lipinski definition) is 4. The van der Waals surface area contributed by atoms with E-state index in [1.54, 1.807) is 7.11 Å². The van der Waals surface area contributed by atoms with Crippen LogP contribution in [0, 0.1) is 0 Å². The fourth-order valence-corrected chi connectivity index (χ4v) is 1.64. The first-order valence-corrected chi connectivity index (χ1v) is 5.84. The van der Waals surface area contributed by atoms with Gasteiger partial charge in [0, 0.05) is 17.6 Å². The summed E-state index contributed by atoms with van der Waals surface area (Å²) in [6.07, 6.45) is -1.17. The zero-order valence-electron chi connectivity index (χ0n) is 9.44. The standard InChI is InChI=1S/C11H15BrN2O3/c1-17-8-2-3-9(12)7(4-8)5-14-6-10(15)11(13)16/h2-4,10,14-15H,5-6H2,1H3,(H2,13,16). The van der Waals surface area contributed by atoms with Crippen molar-refractivity contribution < 1.29 is 14.6 Å². The van der Waals surface area contributed by atoms with Gasteiger partial charge in [-0.2, -0.15) is 0 Å². The average molecular weight is 303 g/mol. The van der Waals surface area contributed by atoms with E-state index in [2.05, 4.69) is 21.2 Å². The first-order chi connectivity index (χ1) is 8.04. The number of benzene rings is 1. The number of nitrogens with one attached hydrogen (secondary N) is 1. The molecular formula is C11H15BrN2O3. The SMILES string of the molecule is COc1ccc(Br)c(CNCC(O)C(N)=O)c1. The zero-order chi connectivity index (χ0) is 12.8. The second-order valence-electron chi connectivity index (χ2n) is 3.51. The molecule has 0 saturated heterocycles. The third-order valence-corrected chi connectivity index (χ3v) is 3.01. The number of primary amides is 1. The molecule has 94 valence electrons. The Bertz CT molecular complexity index is 398. The van der Waals surface area contributed by atoms with Crippen LogP contribution in [-0.2, 0) is 11.3 Å². The number of carbonyl (C=O) groups is 1. The Balaban J connectivity index is 2.54. The van der Waals surface area contributed by atoms with Crippen LogP contribution in [0.15, 0.2) is 22.7 Å². The molecule has 0 aliphatic heterocycles. The largest absolute Gasteiger partial charge is 0.497 e. The van der Waals surface area contributed by atoms with Gasteiger partial charge in [0.2, 0.25) is 5.91 Å². The number of nitrogens with two attached hydrogens (primary N) is 1. The van der Waals surface area contributed by atoms with Gasteiger partial charge in [0.1, 0.15) is 11.9 Å². The molecule has 1 amide bonds. The predicted octanol–water partition coefficient (Wildman–Crippen LogP) is 0.393. The van der Waals surface area contributed by atoms with Crippen molar-refractivity contribution in [1.82, 2.24) is 5.32 Å². The lowest BCUT2D eigenvalue weighted by Crippen LogP contribution is -2.37. The van der Waals surface area contributed by atoms with Crippen LogP contribution < -0.4 is 15.8 Å². The van der Waals surface area contributed by atoms with Gasteiger partial charge in [-0.05, 0) is 23.8 Å². The Morgan fingerprint density at radius 3 is 2.94 bits per heavy atom. The van der Waals surface area contributed by atoms with Gasteiger partial charge >= 0.3 is 0 Å². The Morgan fingerprint density at radius 1 is 1.65 bits per heavy atom. The number of aliphatic hydroxyl groups is 1. The highest BCUT2D eigenvalue weighted by Gasteiger charge is 2.10. The fourth-order valence-electron chi connectivity index (χ4n) is 1.26. The van der Waals surface area contributed by atoms with Crippen molar-refractivity contribution in [2.75, 3.05) is 13.7 Å². The van der Waals surface area contributed by atoms with Crippen LogP contribution in [0.1, 0.15) is 5.56 Å². The normalized spacial score (nSPS) is 12.2. The minimum atomic E-state index is -1.17. The van der Waals surface area contributed by atoms with Crippen molar-refractivity contribution in [3.05, 3.63) is 28.2 Å². The van der Waals surface area contributed by atoms with Crippen LogP contribution in [0.4, 0.5) is 0 Å². The van der Waals surface area contributed by atoms with Crippen molar-refractivity contribution in [3.63, 3.8) is 0 Å². The van der Waals surface area contributed by atoms with E-state index in [0.717, 1.165) is 15.8 Å².